The molecule has 1 aromatic rings. The van der Waals surface area contributed by atoms with Gasteiger partial charge in [0.1, 0.15) is 0 Å². The van der Waals surface area contributed by atoms with E-state index in [0.29, 0.717) is 10.9 Å². The summed E-state index contributed by atoms with van der Waals surface area (Å²) in [6, 6.07) is 3.99. The van der Waals surface area contributed by atoms with Crippen molar-refractivity contribution in [1.82, 2.24) is 0 Å². The maximum Gasteiger partial charge on any atom is 0.180 e. The fraction of sp³-hybridized carbons (Fsp3) is 0.625. The summed E-state index contributed by atoms with van der Waals surface area (Å²) in [5.74, 6) is 2.88. The van der Waals surface area contributed by atoms with Crippen LogP contribution < -0.4 is 9.47 Å². The summed E-state index contributed by atoms with van der Waals surface area (Å²) in [6.07, 6.45) is 3.63. The van der Waals surface area contributed by atoms with Crippen molar-refractivity contribution in [3.8, 4) is 11.5 Å². The van der Waals surface area contributed by atoms with Crippen LogP contribution in [-0.4, -0.2) is 13.2 Å². The van der Waals surface area contributed by atoms with Crippen LogP contribution in [0.4, 0.5) is 0 Å². The number of hydrogen-bond acceptors (Lipinski definition) is 2. The topological polar surface area (TPSA) is 18.5 Å². The van der Waals surface area contributed by atoms with Crippen molar-refractivity contribution in [2.75, 3.05) is 13.2 Å². The molecule has 3 heteroatoms. The van der Waals surface area contributed by atoms with Crippen LogP contribution in [0.3, 0.4) is 0 Å². The quantitative estimate of drug-likeness (QED) is 0.773. The first-order chi connectivity index (χ1) is 9.25. The lowest BCUT2D eigenvalue weighted by atomic mass is 9.95. The van der Waals surface area contributed by atoms with Crippen molar-refractivity contribution < 1.29 is 9.47 Å². The molecule has 3 rings (SSSR count). The van der Waals surface area contributed by atoms with E-state index in [2.05, 4.69) is 13.0 Å². The molecule has 1 saturated carbocycles. The Kier molecular flexibility index (Phi) is 4.98. The standard InChI is InChI=1S/C14H17ClO2.C2H6/c1-9-6-7-16-13-11(9)4-5-12(15)14(13)17-8-10-2-3-10;1-2/h4-5,9-10H,2-3,6-8H2,1H3;1-2H3. The third-order valence-electron chi connectivity index (χ3n) is 3.58. The predicted molar refractivity (Wildman–Crippen MR) is 79.5 cm³/mol. The summed E-state index contributed by atoms with van der Waals surface area (Å²) < 4.78 is 11.6. The SMILES string of the molecule is CC.CC1CCOc2c1ccc(Cl)c2OCC1CC1. The van der Waals surface area contributed by atoms with Gasteiger partial charge in [-0.3, -0.25) is 0 Å². The summed E-state index contributed by atoms with van der Waals surface area (Å²) in [7, 11) is 0. The third-order valence-corrected chi connectivity index (χ3v) is 3.88. The number of benzene rings is 1. The second-order valence-electron chi connectivity index (χ2n) is 5.09. The number of ether oxygens (including phenoxy) is 2. The summed E-state index contributed by atoms with van der Waals surface area (Å²) >= 11 is 6.21. The predicted octanol–water partition coefficient (Wildman–Crippen LogP) is 5.04. The summed E-state index contributed by atoms with van der Waals surface area (Å²) in [6.45, 7) is 7.75. The molecule has 0 spiro atoms. The lowest BCUT2D eigenvalue weighted by molar-refractivity contribution is 0.236. The van der Waals surface area contributed by atoms with Crippen molar-refractivity contribution >= 4 is 11.6 Å². The molecule has 2 aliphatic rings. The van der Waals surface area contributed by atoms with E-state index in [9.17, 15) is 0 Å². The highest BCUT2D eigenvalue weighted by Gasteiger charge is 2.26. The van der Waals surface area contributed by atoms with Gasteiger partial charge in [0, 0.05) is 5.56 Å². The van der Waals surface area contributed by atoms with Gasteiger partial charge >= 0.3 is 0 Å². The molecule has 1 unspecified atom stereocenters. The van der Waals surface area contributed by atoms with Gasteiger partial charge in [0.15, 0.2) is 11.5 Å². The van der Waals surface area contributed by atoms with E-state index in [4.69, 9.17) is 21.1 Å². The highest BCUT2D eigenvalue weighted by Crippen LogP contribution is 2.45. The fourth-order valence-corrected chi connectivity index (χ4v) is 2.41. The van der Waals surface area contributed by atoms with Crippen LogP contribution >= 0.6 is 11.6 Å². The minimum atomic E-state index is 0.527. The summed E-state index contributed by atoms with van der Waals surface area (Å²) in [5.41, 5.74) is 1.23. The Labute approximate surface area is 121 Å². The first-order valence-corrected chi connectivity index (χ1v) is 7.71. The Balaban J connectivity index is 0.000000637. The second kappa shape index (κ2) is 6.51. The van der Waals surface area contributed by atoms with Crippen LogP contribution in [-0.2, 0) is 0 Å². The summed E-state index contributed by atoms with van der Waals surface area (Å²) in [5, 5.41) is 0.665. The number of hydrogen-bond donors (Lipinski definition) is 0. The molecule has 106 valence electrons. The fourth-order valence-electron chi connectivity index (χ4n) is 2.20. The van der Waals surface area contributed by atoms with Gasteiger partial charge in [0.25, 0.3) is 0 Å². The van der Waals surface area contributed by atoms with E-state index >= 15 is 0 Å². The lowest BCUT2D eigenvalue weighted by Gasteiger charge is -2.25. The Morgan fingerprint density at radius 1 is 1.26 bits per heavy atom. The van der Waals surface area contributed by atoms with Gasteiger partial charge in [0.2, 0.25) is 0 Å². The van der Waals surface area contributed by atoms with Crippen LogP contribution in [0, 0.1) is 5.92 Å². The zero-order valence-corrected chi connectivity index (χ0v) is 12.8. The molecule has 1 atom stereocenters. The minimum absolute atomic E-state index is 0.527. The van der Waals surface area contributed by atoms with Gasteiger partial charge in [-0.05, 0) is 37.2 Å². The van der Waals surface area contributed by atoms with Crippen LogP contribution in [0.25, 0.3) is 0 Å². The smallest absolute Gasteiger partial charge is 0.180 e. The van der Waals surface area contributed by atoms with Gasteiger partial charge in [0.05, 0.1) is 18.2 Å². The molecule has 19 heavy (non-hydrogen) atoms. The van der Waals surface area contributed by atoms with Gasteiger partial charge in [-0.15, -0.1) is 0 Å². The van der Waals surface area contributed by atoms with Crippen LogP contribution in [0.1, 0.15) is 51.5 Å². The van der Waals surface area contributed by atoms with E-state index in [-0.39, 0.29) is 0 Å². The van der Waals surface area contributed by atoms with Crippen molar-refractivity contribution in [2.24, 2.45) is 5.92 Å². The molecular formula is C16H23ClO2. The Hall–Kier alpha value is -0.890. The molecule has 0 aromatic heterocycles. The second-order valence-corrected chi connectivity index (χ2v) is 5.49. The van der Waals surface area contributed by atoms with Crippen LogP contribution in [0.15, 0.2) is 12.1 Å². The monoisotopic (exact) mass is 282 g/mol. The third kappa shape index (κ3) is 3.36. The maximum atomic E-state index is 6.21. The Bertz CT molecular complexity index is 427. The average Bonchev–Trinajstić information content (AvgIpc) is 3.24. The first-order valence-electron chi connectivity index (χ1n) is 7.33. The normalized spacial score (nSPS) is 20.7. The van der Waals surface area contributed by atoms with Gasteiger partial charge in [-0.2, -0.15) is 0 Å². The Morgan fingerprint density at radius 3 is 2.68 bits per heavy atom. The van der Waals surface area contributed by atoms with Gasteiger partial charge < -0.3 is 9.47 Å². The average molecular weight is 283 g/mol. The molecule has 0 radical (unpaired) electrons. The summed E-state index contributed by atoms with van der Waals surface area (Å²) in [4.78, 5) is 0. The molecule has 1 aliphatic carbocycles. The molecule has 0 saturated heterocycles. The molecule has 2 nitrogen and oxygen atoms in total. The zero-order chi connectivity index (χ0) is 13.8. The van der Waals surface area contributed by atoms with E-state index in [1.807, 2.05) is 19.9 Å². The van der Waals surface area contributed by atoms with E-state index in [1.165, 1.54) is 18.4 Å². The van der Waals surface area contributed by atoms with Crippen molar-refractivity contribution in [3.05, 3.63) is 22.7 Å². The van der Waals surface area contributed by atoms with Crippen LogP contribution in [0.2, 0.25) is 5.02 Å². The molecule has 0 amide bonds. The molecule has 0 bridgehead atoms. The Morgan fingerprint density at radius 2 is 2.00 bits per heavy atom. The van der Waals surface area contributed by atoms with Crippen molar-refractivity contribution in [2.45, 2.75) is 46.0 Å². The number of rotatable bonds is 3. The molecular weight excluding hydrogens is 260 g/mol. The molecule has 1 fully saturated rings. The van der Waals surface area contributed by atoms with E-state index in [1.54, 1.807) is 0 Å². The minimum Gasteiger partial charge on any atom is -0.489 e. The first kappa shape index (κ1) is 14.5. The largest absolute Gasteiger partial charge is 0.489 e. The van der Waals surface area contributed by atoms with E-state index < -0.39 is 0 Å². The van der Waals surface area contributed by atoms with Crippen LogP contribution in [0.5, 0.6) is 11.5 Å². The van der Waals surface area contributed by atoms with Crippen molar-refractivity contribution in [1.29, 1.82) is 0 Å². The highest BCUT2D eigenvalue weighted by atomic mass is 35.5. The number of halogens is 1. The van der Waals surface area contributed by atoms with Crippen molar-refractivity contribution in [3.63, 3.8) is 0 Å². The zero-order valence-electron chi connectivity index (χ0n) is 12.0. The molecule has 1 aliphatic heterocycles. The maximum absolute atomic E-state index is 6.21. The molecule has 1 aromatic carbocycles. The van der Waals surface area contributed by atoms with Gasteiger partial charge in [-0.25, -0.2) is 0 Å². The lowest BCUT2D eigenvalue weighted by Crippen LogP contribution is -2.14. The molecule has 0 N–H and O–H groups in total. The van der Waals surface area contributed by atoms with Gasteiger partial charge in [-0.1, -0.05) is 38.4 Å². The van der Waals surface area contributed by atoms with E-state index in [0.717, 1.165) is 37.1 Å². The molecule has 1 heterocycles. The highest BCUT2D eigenvalue weighted by molar-refractivity contribution is 6.32. The number of fused-ring (bicyclic) bond motifs is 1.